The maximum atomic E-state index is 5.28. The molecule has 12 heavy (non-hydrogen) atoms. The molecule has 1 aromatic heterocycles. The lowest BCUT2D eigenvalue weighted by atomic mass is 10.4. The average molecular weight is 184 g/mol. The molecule has 1 saturated heterocycles. The summed E-state index contributed by atoms with van der Waals surface area (Å²) in [5.74, 6) is 2.04. The largest absolute Gasteiger partial charge is 0.468 e. The maximum absolute atomic E-state index is 5.28. The number of hydrogen-bond donors (Lipinski definition) is 0. The van der Waals surface area contributed by atoms with Gasteiger partial charge in [0.2, 0.25) is 0 Å². The van der Waals surface area contributed by atoms with Crippen molar-refractivity contribution >= 4 is 11.8 Å². The second kappa shape index (κ2) is 4.01. The van der Waals surface area contributed by atoms with Gasteiger partial charge in [0.05, 0.1) is 18.6 Å². The van der Waals surface area contributed by atoms with Gasteiger partial charge < -0.3 is 9.15 Å². The summed E-state index contributed by atoms with van der Waals surface area (Å²) < 4.78 is 10.5. The summed E-state index contributed by atoms with van der Waals surface area (Å²) in [6.45, 7) is 1.83. The Morgan fingerprint density at radius 3 is 3.25 bits per heavy atom. The van der Waals surface area contributed by atoms with Crippen LogP contribution >= 0.6 is 11.8 Å². The molecule has 2 nitrogen and oxygen atoms in total. The number of rotatable bonds is 3. The van der Waals surface area contributed by atoms with Gasteiger partial charge in [-0.1, -0.05) is 0 Å². The van der Waals surface area contributed by atoms with Crippen molar-refractivity contribution in [1.29, 1.82) is 0 Å². The molecule has 0 N–H and O–H groups in total. The molecule has 0 radical (unpaired) electrons. The van der Waals surface area contributed by atoms with Gasteiger partial charge in [-0.05, 0) is 18.6 Å². The van der Waals surface area contributed by atoms with E-state index in [4.69, 9.17) is 9.15 Å². The van der Waals surface area contributed by atoms with Crippen LogP contribution in [0.15, 0.2) is 22.8 Å². The van der Waals surface area contributed by atoms with Crippen LogP contribution in [-0.2, 0) is 10.5 Å². The van der Waals surface area contributed by atoms with Crippen LogP contribution in [0, 0.1) is 0 Å². The first-order chi connectivity index (χ1) is 5.95. The fraction of sp³-hybridized carbons (Fsp3) is 0.556. The van der Waals surface area contributed by atoms with E-state index in [1.54, 1.807) is 6.26 Å². The lowest BCUT2D eigenvalue weighted by molar-refractivity contribution is 0.199. The zero-order valence-electron chi connectivity index (χ0n) is 6.86. The summed E-state index contributed by atoms with van der Waals surface area (Å²) in [5, 5.41) is 0.676. The van der Waals surface area contributed by atoms with Crippen molar-refractivity contribution in [3.8, 4) is 0 Å². The zero-order chi connectivity index (χ0) is 8.23. The Kier molecular flexibility index (Phi) is 2.74. The molecule has 0 amide bonds. The molecule has 1 aromatic rings. The van der Waals surface area contributed by atoms with Gasteiger partial charge in [0, 0.05) is 11.9 Å². The number of thioether (sulfide) groups is 1. The molecule has 2 rings (SSSR count). The Morgan fingerprint density at radius 2 is 2.58 bits per heavy atom. The van der Waals surface area contributed by atoms with Gasteiger partial charge >= 0.3 is 0 Å². The zero-order valence-corrected chi connectivity index (χ0v) is 7.68. The molecule has 66 valence electrons. The van der Waals surface area contributed by atoms with Crippen LogP contribution in [0.1, 0.15) is 12.2 Å². The molecule has 0 bridgehead atoms. The summed E-state index contributed by atoms with van der Waals surface area (Å²) in [7, 11) is 0. The second-order valence-electron chi connectivity index (χ2n) is 2.88. The third-order valence-electron chi connectivity index (χ3n) is 1.93. The van der Waals surface area contributed by atoms with Gasteiger partial charge in [-0.3, -0.25) is 0 Å². The van der Waals surface area contributed by atoms with Crippen LogP contribution < -0.4 is 0 Å². The van der Waals surface area contributed by atoms with Gasteiger partial charge in [0.25, 0.3) is 0 Å². The minimum absolute atomic E-state index is 0.676. The Hall–Kier alpha value is -0.410. The molecule has 0 saturated carbocycles. The Labute approximate surface area is 76.3 Å². The van der Waals surface area contributed by atoms with Crippen LogP contribution in [0.4, 0.5) is 0 Å². The van der Waals surface area contributed by atoms with E-state index in [9.17, 15) is 0 Å². The standard InChI is InChI=1S/C9H12O2S/c1-2-8(11-4-1)7-12-9-3-5-10-6-9/h1-2,4,9H,3,5-7H2. The van der Waals surface area contributed by atoms with Crippen molar-refractivity contribution in [3.63, 3.8) is 0 Å². The summed E-state index contributed by atoms with van der Waals surface area (Å²) in [5.41, 5.74) is 0. The van der Waals surface area contributed by atoms with Crippen molar-refractivity contribution in [2.75, 3.05) is 13.2 Å². The lowest BCUT2D eigenvalue weighted by Gasteiger charge is -2.04. The summed E-state index contributed by atoms with van der Waals surface area (Å²) in [4.78, 5) is 0. The minimum Gasteiger partial charge on any atom is -0.468 e. The van der Waals surface area contributed by atoms with Gasteiger partial charge in [-0.2, -0.15) is 0 Å². The van der Waals surface area contributed by atoms with E-state index in [1.165, 1.54) is 6.42 Å². The quantitative estimate of drug-likeness (QED) is 0.719. The van der Waals surface area contributed by atoms with Crippen molar-refractivity contribution in [3.05, 3.63) is 24.2 Å². The highest BCUT2D eigenvalue weighted by molar-refractivity contribution is 7.99. The molecule has 1 atom stereocenters. The first kappa shape index (κ1) is 8.20. The molecular formula is C9H12O2S. The number of furan rings is 1. The monoisotopic (exact) mass is 184 g/mol. The van der Waals surface area contributed by atoms with Crippen LogP contribution in [0.5, 0.6) is 0 Å². The number of hydrogen-bond acceptors (Lipinski definition) is 3. The first-order valence-corrected chi connectivity index (χ1v) is 5.22. The molecule has 3 heteroatoms. The molecule has 1 unspecified atom stereocenters. The SMILES string of the molecule is c1coc(CSC2CCOC2)c1. The smallest absolute Gasteiger partial charge is 0.113 e. The molecule has 1 aliphatic heterocycles. The van der Waals surface area contributed by atoms with E-state index in [-0.39, 0.29) is 0 Å². The molecule has 0 spiro atoms. The van der Waals surface area contributed by atoms with Crippen LogP contribution in [-0.4, -0.2) is 18.5 Å². The third kappa shape index (κ3) is 2.05. The van der Waals surface area contributed by atoms with Crippen LogP contribution in [0.3, 0.4) is 0 Å². The second-order valence-corrected chi connectivity index (χ2v) is 4.16. The highest BCUT2D eigenvalue weighted by Crippen LogP contribution is 2.24. The normalized spacial score (nSPS) is 23.2. The van der Waals surface area contributed by atoms with E-state index < -0.39 is 0 Å². The van der Waals surface area contributed by atoms with Crippen molar-refractivity contribution < 1.29 is 9.15 Å². The van der Waals surface area contributed by atoms with Gasteiger partial charge in [-0.15, -0.1) is 11.8 Å². The first-order valence-electron chi connectivity index (χ1n) is 4.17. The van der Waals surface area contributed by atoms with Gasteiger partial charge in [-0.25, -0.2) is 0 Å². The van der Waals surface area contributed by atoms with Gasteiger partial charge in [0.15, 0.2) is 0 Å². The van der Waals surface area contributed by atoms with Gasteiger partial charge in [0.1, 0.15) is 5.76 Å². The Bertz CT molecular complexity index is 214. The predicted molar refractivity (Wildman–Crippen MR) is 49.2 cm³/mol. The Balaban J connectivity index is 1.74. The lowest BCUT2D eigenvalue weighted by Crippen LogP contribution is -2.00. The molecule has 0 aliphatic carbocycles. The van der Waals surface area contributed by atoms with Crippen LogP contribution in [0.25, 0.3) is 0 Å². The van der Waals surface area contributed by atoms with E-state index >= 15 is 0 Å². The molecule has 0 aromatic carbocycles. The fourth-order valence-corrected chi connectivity index (χ4v) is 2.26. The summed E-state index contributed by atoms with van der Waals surface area (Å²) in [6.07, 6.45) is 2.91. The molecule has 2 heterocycles. The summed E-state index contributed by atoms with van der Waals surface area (Å²) in [6, 6.07) is 3.95. The molecule has 1 aliphatic rings. The van der Waals surface area contributed by atoms with Crippen molar-refractivity contribution in [1.82, 2.24) is 0 Å². The van der Waals surface area contributed by atoms with E-state index in [0.29, 0.717) is 5.25 Å². The highest BCUT2D eigenvalue weighted by atomic mass is 32.2. The minimum atomic E-state index is 0.676. The fourth-order valence-electron chi connectivity index (χ4n) is 1.24. The summed E-state index contributed by atoms with van der Waals surface area (Å²) >= 11 is 1.92. The molecule has 1 fully saturated rings. The predicted octanol–water partition coefficient (Wildman–Crippen LogP) is 2.30. The van der Waals surface area contributed by atoms with Crippen molar-refractivity contribution in [2.45, 2.75) is 17.4 Å². The van der Waals surface area contributed by atoms with Crippen molar-refractivity contribution in [2.24, 2.45) is 0 Å². The molecular weight excluding hydrogens is 172 g/mol. The van der Waals surface area contributed by atoms with Crippen LogP contribution in [0.2, 0.25) is 0 Å². The average Bonchev–Trinajstić information content (AvgIpc) is 2.74. The van der Waals surface area contributed by atoms with E-state index in [2.05, 4.69) is 0 Å². The highest BCUT2D eigenvalue weighted by Gasteiger charge is 2.15. The van der Waals surface area contributed by atoms with E-state index in [0.717, 1.165) is 24.7 Å². The maximum Gasteiger partial charge on any atom is 0.113 e. The third-order valence-corrected chi connectivity index (χ3v) is 3.22. The topological polar surface area (TPSA) is 22.4 Å². The number of ether oxygens (including phenoxy) is 1. The Morgan fingerprint density at radius 1 is 1.58 bits per heavy atom. The van der Waals surface area contributed by atoms with E-state index in [1.807, 2.05) is 23.9 Å².